The summed E-state index contributed by atoms with van der Waals surface area (Å²) in [6.45, 7) is 2.07. The summed E-state index contributed by atoms with van der Waals surface area (Å²) < 4.78 is 0. The molecule has 0 aliphatic heterocycles. The summed E-state index contributed by atoms with van der Waals surface area (Å²) in [7, 11) is 0. The van der Waals surface area contributed by atoms with Crippen LogP contribution >= 0.6 is 11.3 Å². The van der Waals surface area contributed by atoms with E-state index in [1.165, 1.54) is 36.2 Å². The standard InChI is InChI=1S/C16H20N2S/c1-12-14(8-4-10-17-12)18-16(13-6-2-3-7-13)15-9-5-11-19-15/h4-5,8-11,13,16,18H,2-3,6-7H2,1H3. The molecule has 2 heterocycles. The second kappa shape index (κ2) is 5.74. The highest BCUT2D eigenvalue weighted by Gasteiger charge is 2.27. The van der Waals surface area contributed by atoms with Crippen molar-refractivity contribution in [3.05, 3.63) is 46.4 Å². The van der Waals surface area contributed by atoms with Crippen molar-refractivity contribution in [2.45, 2.75) is 38.6 Å². The Morgan fingerprint density at radius 1 is 1.26 bits per heavy atom. The number of aryl methyl sites for hydroxylation is 1. The Morgan fingerprint density at radius 2 is 2.11 bits per heavy atom. The van der Waals surface area contributed by atoms with E-state index < -0.39 is 0 Å². The SMILES string of the molecule is Cc1ncccc1NC(c1cccs1)C1CCCC1. The Kier molecular flexibility index (Phi) is 3.83. The van der Waals surface area contributed by atoms with Crippen LogP contribution in [0, 0.1) is 12.8 Å². The van der Waals surface area contributed by atoms with Crippen LogP contribution < -0.4 is 5.32 Å². The summed E-state index contributed by atoms with van der Waals surface area (Å²) in [4.78, 5) is 5.83. The molecule has 1 fully saturated rings. The van der Waals surface area contributed by atoms with Gasteiger partial charge in [-0.25, -0.2) is 0 Å². The molecule has 3 heteroatoms. The largest absolute Gasteiger partial charge is 0.376 e. The second-order valence-corrected chi connectivity index (χ2v) is 6.30. The van der Waals surface area contributed by atoms with Crippen LogP contribution in [0.1, 0.15) is 42.3 Å². The highest BCUT2D eigenvalue weighted by Crippen LogP contribution is 2.39. The van der Waals surface area contributed by atoms with Crippen molar-refractivity contribution in [1.29, 1.82) is 0 Å². The van der Waals surface area contributed by atoms with E-state index in [1.807, 2.05) is 23.6 Å². The monoisotopic (exact) mass is 272 g/mol. The Balaban J connectivity index is 1.85. The number of aromatic nitrogens is 1. The molecule has 0 amide bonds. The molecular weight excluding hydrogens is 252 g/mol. The molecule has 19 heavy (non-hydrogen) atoms. The van der Waals surface area contributed by atoms with Crippen molar-refractivity contribution in [2.75, 3.05) is 5.32 Å². The minimum atomic E-state index is 0.449. The van der Waals surface area contributed by atoms with E-state index in [0.29, 0.717) is 6.04 Å². The molecule has 3 rings (SSSR count). The maximum absolute atomic E-state index is 4.38. The maximum atomic E-state index is 4.38. The van der Waals surface area contributed by atoms with Crippen molar-refractivity contribution < 1.29 is 0 Å². The Hall–Kier alpha value is -1.35. The molecule has 0 bridgehead atoms. The minimum absolute atomic E-state index is 0.449. The van der Waals surface area contributed by atoms with Gasteiger partial charge in [0.05, 0.1) is 17.4 Å². The summed E-state index contributed by atoms with van der Waals surface area (Å²) in [6.07, 6.45) is 7.29. The number of nitrogens with zero attached hydrogens (tertiary/aromatic N) is 1. The van der Waals surface area contributed by atoms with Crippen molar-refractivity contribution in [3.63, 3.8) is 0 Å². The van der Waals surface area contributed by atoms with E-state index in [0.717, 1.165) is 11.6 Å². The van der Waals surface area contributed by atoms with Crippen molar-refractivity contribution >= 4 is 17.0 Å². The van der Waals surface area contributed by atoms with Crippen LogP contribution in [0.2, 0.25) is 0 Å². The molecule has 2 aromatic heterocycles. The Labute approximate surface area is 118 Å². The van der Waals surface area contributed by atoms with Crippen molar-refractivity contribution in [3.8, 4) is 0 Å². The van der Waals surface area contributed by atoms with Crippen LogP contribution in [0.3, 0.4) is 0 Å². The molecule has 1 aliphatic carbocycles. The molecule has 1 atom stereocenters. The number of nitrogens with one attached hydrogen (secondary N) is 1. The van der Waals surface area contributed by atoms with Gasteiger partial charge in [-0.1, -0.05) is 18.9 Å². The highest BCUT2D eigenvalue weighted by atomic mass is 32.1. The third-order valence-electron chi connectivity index (χ3n) is 4.04. The van der Waals surface area contributed by atoms with Gasteiger partial charge in [-0.2, -0.15) is 0 Å². The summed E-state index contributed by atoms with van der Waals surface area (Å²) in [5.41, 5.74) is 2.26. The number of hydrogen-bond acceptors (Lipinski definition) is 3. The van der Waals surface area contributed by atoms with Gasteiger partial charge in [0.25, 0.3) is 0 Å². The maximum Gasteiger partial charge on any atom is 0.0635 e. The van der Waals surface area contributed by atoms with Gasteiger partial charge in [-0.15, -0.1) is 11.3 Å². The summed E-state index contributed by atoms with van der Waals surface area (Å²) >= 11 is 1.86. The molecule has 0 aromatic carbocycles. The summed E-state index contributed by atoms with van der Waals surface area (Å²) in [5, 5.41) is 5.92. The van der Waals surface area contributed by atoms with Crippen LogP contribution in [-0.2, 0) is 0 Å². The first kappa shape index (κ1) is 12.7. The van der Waals surface area contributed by atoms with Crippen LogP contribution in [-0.4, -0.2) is 4.98 Å². The number of anilines is 1. The van der Waals surface area contributed by atoms with E-state index in [4.69, 9.17) is 0 Å². The number of rotatable bonds is 4. The number of hydrogen-bond donors (Lipinski definition) is 1. The first-order chi connectivity index (χ1) is 9.34. The third kappa shape index (κ3) is 2.81. The molecule has 1 N–H and O–H groups in total. The lowest BCUT2D eigenvalue weighted by atomic mass is 9.96. The van der Waals surface area contributed by atoms with E-state index in [1.54, 1.807) is 0 Å². The van der Waals surface area contributed by atoms with Crippen LogP contribution in [0.15, 0.2) is 35.8 Å². The van der Waals surface area contributed by atoms with E-state index in [-0.39, 0.29) is 0 Å². The summed E-state index contributed by atoms with van der Waals surface area (Å²) in [6, 6.07) is 9.00. The van der Waals surface area contributed by atoms with Gasteiger partial charge in [0.1, 0.15) is 0 Å². The summed E-state index contributed by atoms with van der Waals surface area (Å²) in [5.74, 6) is 0.762. The zero-order valence-corrected chi connectivity index (χ0v) is 12.1. The minimum Gasteiger partial charge on any atom is -0.376 e. The highest BCUT2D eigenvalue weighted by molar-refractivity contribution is 7.10. The predicted octanol–water partition coefficient (Wildman–Crippen LogP) is 4.79. The van der Waals surface area contributed by atoms with Gasteiger partial charge in [0, 0.05) is 11.1 Å². The van der Waals surface area contributed by atoms with Crippen LogP contribution in [0.25, 0.3) is 0 Å². The topological polar surface area (TPSA) is 24.9 Å². The first-order valence-corrected chi connectivity index (χ1v) is 7.94. The average molecular weight is 272 g/mol. The fraction of sp³-hybridized carbons (Fsp3) is 0.438. The van der Waals surface area contributed by atoms with E-state index in [2.05, 4.69) is 40.8 Å². The van der Waals surface area contributed by atoms with Gasteiger partial charge in [0.15, 0.2) is 0 Å². The van der Waals surface area contributed by atoms with Gasteiger partial charge >= 0.3 is 0 Å². The lowest BCUT2D eigenvalue weighted by Crippen LogP contribution is -2.18. The fourth-order valence-electron chi connectivity index (χ4n) is 2.98. The molecule has 1 unspecified atom stereocenters. The smallest absolute Gasteiger partial charge is 0.0635 e. The molecule has 2 aromatic rings. The number of thiophene rings is 1. The van der Waals surface area contributed by atoms with Gasteiger partial charge in [0.2, 0.25) is 0 Å². The van der Waals surface area contributed by atoms with Gasteiger partial charge in [-0.05, 0) is 49.3 Å². The molecule has 2 nitrogen and oxygen atoms in total. The number of pyridine rings is 1. The van der Waals surface area contributed by atoms with Crippen LogP contribution in [0.4, 0.5) is 5.69 Å². The van der Waals surface area contributed by atoms with Crippen molar-refractivity contribution in [2.24, 2.45) is 5.92 Å². The van der Waals surface area contributed by atoms with Gasteiger partial charge in [-0.3, -0.25) is 4.98 Å². The lowest BCUT2D eigenvalue weighted by molar-refractivity contribution is 0.475. The molecule has 0 radical (unpaired) electrons. The molecule has 0 saturated heterocycles. The van der Waals surface area contributed by atoms with E-state index >= 15 is 0 Å². The zero-order chi connectivity index (χ0) is 13.1. The molecule has 1 saturated carbocycles. The lowest BCUT2D eigenvalue weighted by Gasteiger charge is -2.25. The molecule has 1 aliphatic rings. The average Bonchev–Trinajstić information content (AvgIpc) is 3.11. The Bertz CT molecular complexity index is 515. The van der Waals surface area contributed by atoms with E-state index in [9.17, 15) is 0 Å². The third-order valence-corrected chi connectivity index (χ3v) is 4.99. The zero-order valence-electron chi connectivity index (χ0n) is 11.3. The van der Waals surface area contributed by atoms with Crippen molar-refractivity contribution in [1.82, 2.24) is 4.98 Å². The Morgan fingerprint density at radius 3 is 2.79 bits per heavy atom. The molecule has 100 valence electrons. The second-order valence-electron chi connectivity index (χ2n) is 5.32. The van der Waals surface area contributed by atoms with Crippen LogP contribution in [0.5, 0.6) is 0 Å². The fourth-order valence-corrected chi connectivity index (χ4v) is 3.85. The quantitative estimate of drug-likeness (QED) is 0.865. The first-order valence-electron chi connectivity index (χ1n) is 7.06. The predicted molar refractivity (Wildman–Crippen MR) is 81.6 cm³/mol. The van der Waals surface area contributed by atoms with Gasteiger partial charge < -0.3 is 5.32 Å². The normalized spacial score (nSPS) is 17.5. The molecule has 0 spiro atoms. The molecular formula is C16H20N2S.